The summed E-state index contributed by atoms with van der Waals surface area (Å²) in [6.07, 6.45) is 0. The van der Waals surface area contributed by atoms with Gasteiger partial charge in [-0.1, -0.05) is 79.2 Å². The quantitative estimate of drug-likeness (QED) is 0.526. The van der Waals surface area contributed by atoms with E-state index in [1.165, 1.54) is 0 Å². The molecule has 0 fully saturated rings. The molecule has 0 aliphatic carbocycles. The largest absolute Gasteiger partial charge is 0.351 e. The van der Waals surface area contributed by atoms with Crippen LogP contribution in [0.1, 0.15) is 52.4 Å². The van der Waals surface area contributed by atoms with E-state index in [9.17, 15) is 18.0 Å². The average Bonchev–Trinajstić information content (AvgIpc) is 3.03. The molecular weight excluding hydrogens is 460 g/mol. The number of aryl methyl sites for hydroxylation is 1. The maximum atomic E-state index is 13.2. The number of hydrogen-bond acceptors (Lipinski definition) is 4. The summed E-state index contributed by atoms with van der Waals surface area (Å²) in [6.45, 7) is 5.91. The molecule has 1 N–H and O–H groups in total. The lowest BCUT2D eigenvalue weighted by Gasteiger charge is -2.17. The zero-order valence-corrected chi connectivity index (χ0v) is 20.8. The van der Waals surface area contributed by atoms with E-state index < -0.39 is 15.9 Å². The Kier molecular flexibility index (Phi) is 6.89. The highest BCUT2D eigenvalue weighted by Crippen LogP contribution is 2.36. The number of rotatable bonds is 7. The maximum absolute atomic E-state index is 13.2. The van der Waals surface area contributed by atoms with Crippen molar-refractivity contribution in [1.29, 1.82) is 0 Å². The second-order valence-electron chi connectivity index (χ2n) is 8.86. The van der Waals surface area contributed by atoms with Gasteiger partial charge in [0.25, 0.3) is 21.8 Å². The predicted octanol–water partition coefficient (Wildman–Crippen LogP) is 4.63. The highest BCUT2D eigenvalue weighted by molar-refractivity contribution is 7.99. The van der Waals surface area contributed by atoms with E-state index >= 15 is 0 Å². The van der Waals surface area contributed by atoms with Gasteiger partial charge in [0.1, 0.15) is 4.91 Å². The van der Waals surface area contributed by atoms with Gasteiger partial charge in [-0.25, -0.2) is 12.7 Å². The van der Waals surface area contributed by atoms with Gasteiger partial charge < -0.3 is 5.32 Å². The molecule has 0 radical (unpaired) electrons. The number of carbonyl (C=O) groups is 2. The lowest BCUT2D eigenvalue weighted by molar-refractivity contribution is -0.122. The van der Waals surface area contributed by atoms with Crippen LogP contribution in [-0.2, 0) is 21.4 Å². The van der Waals surface area contributed by atoms with Gasteiger partial charge in [0, 0.05) is 17.7 Å². The van der Waals surface area contributed by atoms with Crippen molar-refractivity contribution < 1.29 is 18.0 Å². The molecule has 0 saturated carbocycles. The molecule has 180 valence electrons. The van der Waals surface area contributed by atoms with E-state index in [0.29, 0.717) is 23.2 Å². The lowest BCUT2D eigenvalue weighted by atomic mass is 10.0. The van der Waals surface area contributed by atoms with Crippen molar-refractivity contribution in [3.8, 4) is 0 Å². The van der Waals surface area contributed by atoms with Gasteiger partial charge in [-0.3, -0.25) is 9.59 Å². The fourth-order valence-corrected chi connectivity index (χ4v) is 5.90. The van der Waals surface area contributed by atoms with Crippen LogP contribution in [0.2, 0.25) is 0 Å². The Hall–Kier alpha value is -3.71. The second kappa shape index (κ2) is 9.88. The fraction of sp³-hybridized carbons (Fsp3) is 0.214. The van der Waals surface area contributed by atoms with E-state index in [-0.39, 0.29) is 28.8 Å². The molecule has 1 heterocycles. The Morgan fingerprint density at radius 2 is 1.54 bits per heavy atom. The minimum Gasteiger partial charge on any atom is -0.351 e. The van der Waals surface area contributed by atoms with Gasteiger partial charge >= 0.3 is 0 Å². The molecule has 2 amide bonds. The minimum atomic E-state index is -3.98. The van der Waals surface area contributed by atoms with Crippen molar-refractivity contribution in [2.75, 3.05) is 6.54 Å². The van der Waals surface area contributed by atoms with Crippen LogP contribution in [0.4, 0.5) is 0 Å². The summed E-state index contributed by atoms with van der Waals surface area (Å²) in [6, 6.07) is 23.7. The molecule has 3 aromatic carbocycles. The second-order valence-corrected chi connectivity index (χ2v) is 10.7. The first kappa shape index (κ1) is 24.4. The van der Waals surface area contributed by atoms with E-state index in [1.54, 1.807) is 43.3 Å². The van der Waals surface area contributed by atoms with E-state index in [1.807, 2.05) is 56.3 Å². The molecular formula is C28H28N2O4S. The molecule has 0 saturated heterocycles. The molecule has 7 heteroatoms. The van der Waals surface area contributed by atoms with Gasteiger partial charge in [0.05, 0.1) is 6.54 Å². The van der Waals surface area contributed by atoms with Crippen molar-refractivity contribution in [1.82, 2.24) is 9.62 Å². The number of nitrogens with zero attached hydrogens (tertiary/aromatic N) is 1. The number of amides is 2. The normalized spacial score (nSPS) is 15.9. The van der Waals surface area contributed by atoms with Crippen LogP contribution in [0.3, 0.4) is 0 Å². The molecule has 35 heavy (non-hydrogen) atoms. The summed E-state index contributed by atoms with van der Waals surface area (Å²) < 4.78 is 27.4. The summed E-state index contributed by atoms with van der Waals surface area (Å²) in [5.41, 5.74) is 3.95. The zero-order chi connectivity index (χ0) is 25.2. The van der Waals surface area contributed by atoms with Crippen LogP contribution in [0.15, 0.2) is 84.4 Å². The molecule has 1 aliphatic heterocycles. The van der Waals surface area contributed by atoms with Crippen molar-refractivity contribution >= 4 is 26.7 Å². The Morgan fingerprint density at radius 3 is 2.17 bits per heavy atom. The zero-order valence-electron chi connectivity index (χ0n) is 20.0. The first-order chi connectivity index (χ1) is 16.7. The van der Waals surface area contributed by atoms with Gasteiger partial charge in [0.2, 0.25) is 0 Å². The van der Waals surface area contributed by atoms with Crippen molar-refractivity contribution in [3.05, 3.63) is 112 Å². The monoisotopic (exact) mass is 488 g/mol. The van der Waals surface area contributed by atoms with Crippen LogP contribution >= 0.6 is 0 Å². The Morgan fingerprint density at radius 1 is 0.914 bits per heavy atom. The van der Waals surface area contributed by atoms with Crippen LogP contribution in [0, 0.1) is 6.92 Å². The van der Waals surface area contributed by atoms with Gasteiger partial charge in [-0.15, -0.1) is 0 Å². The van der Waals surface area contributed by atoms with Gasteiger partial charge in [0.15, 0.2) is 0 Å². The average molecular weight is 489 g/mol. The van der Waals surface area contributed by atoms with Gasteiger partial charge in [-0.05, 0) is 48.6 Å². The third-order valence-corrected chi connectivity index (χ3v) is 8.16. The topological polar surface area (TPSA) is 83.6 Å². The molecule has 4 rings (SSSR count). The Labute approximate surface area is 206 Å². The molecule has 1 atom stereocenters. The van der Waals surface area contributed by atoms with Crippen LogP contribution in [-0.4, -0.2) is 31.1 Å². The van der Waals surface area contributed by atoms with E-state index in [2.05, 4.69) is 5.32 Å². The Bertz CT molecular complexity index is 1380. The molecule has 0 aromatic heterocycles. The predicted molar refractivity (Wildman–Crippen MR) is 137 cm³/mol. The first-order valence-corrected chi connectivity index (χ1v) is 12.9. The smallest absolute Gasteiger partial charge is 0.268 e. The third kappa shape index (κ3) is 5.05. The highest BCUT2D eigenvalue weighted by Gasteiger charge is 2.42. The lowest BCUT2D eigenvalue weighted by Crippen LogP contribution is -2.31. The summed E-state index contributed by atoms with van der Waals surface area (Å²) >= 11 is 0. The summed E-state index contributed by atoms with van der Waals surface area (Å²) in [7, 11) is -3.98. The summed E-state index contributed by atoms with van der Waals surface area (Å²) in [5, 5.41) is 2.94. The third-order valence-electron chi connectivity index (χ3n) is 6.23. The van der Waals surface area contributed by atoms with E-state index in [0.717, 1.165) is 15.4 Å². The fourth-order valence-electron chi connectivity index (χ4n) is 4.10. The molecule has 6 nitrogen and oxygen atoms in total. The van der Waals surface area contributed by atoms with Crippen LogP contribution in [0.25, 0.3) is 4.91 Å². The Balaban J connectivity index is 1.43. The number of hydrogen-bond donors (Lipinski definition) is 1. The SMILES string of the molecule is CC1=C(c2ccc(C)cc2)S(=O)(=O)N(Cc2ccc(C(=O)NC[C@H](C)c3ccccc3)cc2)C1=O. The van der Waals surface area contributed by atoms with Gasteiger partial charge in [-0.2, -0.15) is 0 Å². The molecule has 1 aliphatic rings. The van der Waals surface area contributed by atoms with Crippen LogP contribution < -0.4 is 5.32 Å². The molecule has 0 spiro atoms. The van der Waals surface area contributed by atoms with Crippen molar-refractivity contribution in [2.45, 2.75) is 33.2 Å². The van der Waals surface area contributed by atoms with Crippen LogP contribution in [0.5, 0.6) is 0 Å². The minimum absolute atomic E-state index is 0.0473. The summed E-state index contributed by atoms with van der Waals surface area (Å²) in [5.74, 6) is -0.565. The standard InChI is InChI=1S/C28H28N2O4S/c1-19-9-13-24(14-10-19)26-21(3)28(32)30(35(26,33)34)18-22-11-15-25(16-12-22)27(31)29-17-20(2)23-7-5-4-6-8-23/h4-16,20H,17-18H2,1-3H3,(H,29,31)/t20-/m0/s1. The molecule has 0 bridgehead atoms. The highest BCUT2D eigenvalue weighted by atomic mass is 32.2. The number of sulfonamides is 1. The van der Waals surface area contributed by atoms with E-state index in [4.69, 9.17) is 0 Å². The number of carbonyl (C=O) groups excluding carboxylic acids is 2. The number of benzene rings is 3. The van der Waals surface area contributed by atoms with Crippen molar-refractivity contribution in [2.24, 2.45) is 0 Å². The number of nitrogens with one attached hydrogen (secondary N) is 1. The molecule has 3 aromatic rings. The summed E-state index contributed by atoms with van der Waals surface area (Å²) in [4.78, 5) is 25.5. The first-order valence-electron chi connectivity index (χ1n) is 11.5. The van der Waals surface area contributed by atoms with Crippen molar-refractivity contribution in [3.63, 3.8) is 0 Å². The maximum Gasteiger partial charge on any atom is 0.268 e. The molecule has 0 unspecified atom stereocenters.